The topological polar surface area (TPSA) is 31.9 Å². The molecule has 1 saturated heterocycles. The van der Waals surface area contributed by atoms with Crippen molar-refractivity contribution in [3.63, 3.8) is 0 Å². The van der Waals surface area contributed by atoms with Gasteiger partial charge in [-0.2, -0.15) is 5.10 Å². The standard InChI is InChI=1S/C9H13N3/c1-12-4-6-7(5-12)9(6)8-2-3-10-11-8/h2-3,6-7,9H,4-5H2,1H3,(H,10,11)/t6-,7+,9?. The summed E-state index contributed by atoms with van der Waals surface area (Å²) in [5.41, 5.74) is 1.35. The molecule has 0 bridgehead atoms. The van der Waals surface area contributed by atoms with E-state index in [-0.39, 0.29) is 0 Å². The van der Waals surface area contributed by atoms with E-state index in [1.807, 2.05) is 6.20 Å². The molecule has 1 aliphatic carbocycles. The molecule has 0 amide bonds. The molecule has 12 heavy (non-hydrogen) atoms. The third kappa shape index (κ3) is 0.771. The number of piperidine rings is 1. The Balaban J connectivity index is 1.78. The van der Waals surface area contributed by atoms with Gasteiger partial charge in [0, 0.05) is 30.9 Å². The van der Waals surface area contributed by atoms with Crippen LogP contribution in [-0.4, -0.2) is 35.2 Å². The molecule has 3 atom stereocenters. The van der Waals surface area contributed by atoms with Crippen LogP contribution >= 0.6 is 0 Å². The van der Waals surface area contributed by atoms with E-state index in [0.29, 0.717) is 0 Å². The number of nitrogens with one attached hydrogen (secondary N) is 1. The highest BCUT2D eigenvalue weighted by Crippen LogP contribution is 2.57. The molecule has 1 aliphatic heterocycles. The van der Waals surface area contributed by atoms with Crippen molar-refractivity contribution in [2.24, 2.45) is 11.8 Å². The van der Waals surface area contributed by atoms with Crippen LogP contribution in [-0.2, 0) is 0 Å². The van der Waals surface area contributed by atoms with Crippen molar-refractivity contribution >= 4 is 0 Å². The molecule has 1 saturated carbocycles. The molecule has 64 valence electrons. The number of rotatable bonds is 1. The predicted molar refractivity (Wildman–Crippen MR) is 45.8 cm³/mol. The van der Waals surface area contributed by atoms with Gasteiger partial charge >= 0.3 is 0 Å². The van der Waals surface area contributed by atoms with Crippen molar-refractivity contribution in [1.82, 2.24) is 15.1 Å². The van der Waals surface area contributed by atoms with E-state index in [9.17, 15) is 0 Å². The third-order valence-electron chi connectivity index (χ3n) is 3.26. The monoisotopic (exact) mass is 163 g/mol. The van der Waals surface area contributed by atoms with Gasteiger partial charge in [0.05, 0.1) is 0 Å². The van der Waals surface area contributed by atoms with Crippen LogP contribution in [0.5, 0.6) is 0 Å². The van der Waals surface area contributed by atoms with Crippen molar-refractivity contribution in [3.05, 3.63) is 18.0 Å². The van der Waals surface area contributed by atoms with Crippen LogP contribution in [0.1, 0.15) is 11.6 Å². The fraction of sp³-hybridized carbons (Fsp3) is 0.667. The molecule has 1 aromatic rings. The Bertz CT molecular complexity index is 268. The number of fused-ring (bicyclic) bond motifs is 1. The van der Waals surface area contributed by atoms with Crippen LogP contribution in [0.3, 0.4) is 0 Å². The first kappa shape index (κ1) is 6.66. The summed E-state index contributed by atoms with van der Waals surface area (Å²) in [5, 5.41) is 7.07. The molecule has 1 unspecified atom stereocenters. The molecular weight excluding hydrogens is 150 g/mol. The summed E-state index contributed by atoms with van der Waals surface area (Å²) in [5.74, 6) is 2.62. The number of H-pyrrole nitrogens is 1. The minimum Gasteiger partial charge on any atom is -0.306 e. The maximum absolute atomic E-state index is 3.99. The van der Waals surface area contributed by atoms with Crippen molar-refractivity contribution < 1.29 is 0 Å². The zero-order valence-electron chi connectivity index (χ0n) is 7.20. The Morgan fingerprint density at radius 2 is 2.25 bits per heavy atom. The lowest BCUT2D eigenvalue weighted by Crippen LogP contribution is -2.18. The predicted octanol–water partition coefficient (Wildman–Crippen LogP) is 0.685. The van der Waals surface area contributed by atoms with Crippen LogP contribution in [0.2, 0.25) is 0 Å². The first-order valence-corrected chi connectivity index (χ1v) is 4.54. The van der Waals surface area contributed by atoms with Gasteiger partial charge in [0.25, 0.3) is 0 Å². The van der Waals surface area contributed by atoms with Gasteiger partial charge in [0.15, 0.2) is 0 Å². The van der Waals surface area contributed by atoms with E-state index in [1.54, 1.807) is 0 Å². The summed E-state index contributed by atoms with van der Waals surface area (Å²) < 4.78 is 0. The number of likely N-dealkylation sites (tertiary alicyclic amines) is 1. The molecule has 2 heterocycles. The minimum atomic E-state index is 0.795. The maximum Gasteiger partial charge on any atom is 0.0490 e. The normalized spacial score (nSPS) is 39.9. The Hall–Kier alpha value is -0.830. The second-order valence-electron chi connectivity index (χ2n) is 4.09. The Kier molecular flexibility index (Phi) is 1.17. The number of hydrogen-bond donors (Lipinski definition) is 1. The Morgan fingerprint density at radius 3 is 2.83 bits per heavy atom. The molecular formula is C9H13N3. The van der Waals surface area contributed by atoms with Gasteiger partial charge in [0.2, 0.25) is 0 Å². The maximum atomic E-state index is 3.99. The summed E-state index contributed by atoms with van der Waals surface area (Å²) in [6.45, 7) is 2.54. The van der Waals surface area contributed by atoms with Gasteiger partial charge in [0.1, 0.15) is 0 Å². The van der Waals surface area contributed by atoms with Gasteiger partial charge in [-0.15, -0.1) is 0 Å². The highest BCUT2D eigenvalue weighted by atomic mass is 15.2. The molecule has 3 nitrogen and oxygen atoms in total. The SMILES string of the molecule is CN1C[C@@H]2C(c3ccn[nH]3)[C@@H]2C1. The largest absolute Gasteiger partial charge is 0.306 e. The summed E-state index contributed by atoms with van der Waals surface area (Å²) in [7, 11) is 2.20. The van der Waals surface area contributed by atoms with Gasteiger partial charge < -0.3 is 4.90 Å². The summed E-state index contributed by atoms with van der Waals surface area (Å²) >= 11 is 0. The van der Waals surface area contributed by atoms with Crippen LogP contribution in [0, 0.1) is 11.8 Å². The molecule has 1 N–H and O–H groups in total. The number of hydrogen-bond acceptors (Lipinski definition) is 2. The first-order valence-electron chi connectivity index (χ1n) is 4.54. The molecule has 0 spiro atoms. The van der Waals surface area contributed by atoms with Gasteiger partial charge in [-0.3, -0.25) is 5.10 Å². The van der Waals surface area contributed by atoms with Crippen LogP contribution in [0.4, 0.5) is 0 Å². The molecule has 2 aliphatic rings. The highest BCUT2D eigenvalue weighted by molar-refractivity contribution is 5.23. The molecule has 0 aromatic carbocycles. The summed E-state index contributed by atoms with van der Waals surface area (Å²) in [6.07, 6.45) is 1.85. The lowest BCUT2D eigenvalue weighted by molar-refractivity contribution is 0.361. The highest BCUT2D eigenvalue weighted by Gasteiger charge is 2.55. The second-order valence-corrected chi connectivity index (χ2v) is 4.09. The molecule has 3 heteroatoms. The number of nitrogens with zero attached hydrogens (tertiary/aromatic N) is 2. The molecule has 3 rings (SSSR count). The lowest BCUT2D eigenvalue weighted by Gasteiger charge is -2.11. The third-order valence-corrected chi connectivity index (χ3v) is 3.26. The number of aromatic nitrogens is 2. The average molecular weight is 163 g/mol. The molecule has 0 radical (unpaired) electrons. The zero-order valence-corrected chi connectivity index (χ0v) is 7.20. The average Bonchev–Trinajstić information content (AvgIpc) is 2.58. The van der Waals surface area contributed by atoms with E-state index in [0.717, 1.165) is 17.8 Å². The van der Waals surface area contributed by atoms with E-state index in [1.165, 1.54) is 18.8 Å². The van der Waals surface area contributed by atoms with E-state index >= 15 is 0 Å². The Labute approximate surface area is 71.8 Å². The Morgan fingerprint density at radius 1 is 1.50 bits per heavy atom. The summed E-state index contributed by atoms with van der Waals surface area (Å²) in [4.78, 5) is 2.42. The quantitative estimate of drug-likeness (QED) is 0.660. The van der Waals surface area contributed by atoms with E-state index in [4.69, 9.17) is 0 Å². The van der Waals surface area contributed by atoms with Gasteiger partial charge in [-0.05, 0) is 24.9 Å². The van der Waals surface area contributed by atoms with Crippen molar-refractivity contribution in [2.75, 3.05) is 20.1 Å². The lowest BCUT2D eigenvalue weighted by atomic mass is 10.2. The second kappa shape index (κ2) is 2.10. The summed E-state index contributed by atoms with van der Waals surface area (Å²) in [6, 6.07) is 2.11. The number of aromatic amines is 1. The van der Waals surface area contributed by atoms with E-state index in [2.05, 4.69) is 28.2 Å². The smallest absolute Gasteiger partial charge is 0.0490 e. The van der Waals surface area contributed by atoms with Crippen LogP contribution in [0.25, 0.3) is 0 Å². The van der Waals surface area contributed by atoms with Crippen molar-refractivity contribution in [1.29, 1.82) is 0 Å². The van der Waals surface area contributed by atoms with Gasteiger partial charge in [-0.25, -0.2) is 0 Å². The molecule has 1 aromatic heterocycles. The van der Waals surface area contributed by atoms with Gasteiger partial charge in [-0.1, -0.05) is 0 Å². The van der Waals surface area contributed by atoms with Crippen molar-refractivity contribution in [2.45, 2.75) is 5.92 Å². The fourth-order valence-corrected chi connectivity index (χ4v) is 2.65. The fourth-order valence-electron chi connectivity index (χ4n) is 2.65. The first-order chi connectivity index (χ1) is 5.86. The van der Waals surface area contributed by atoms with Crippen LogP contribution in [0.15, 0.2) is 12.3 Å². The minimum absolute atomic E-state index is 0.795. The van der Waals surface area contributed by atoms with E-state index < -0.39 is 0 Å². The molecule has 2 fully saturated rings. The zero-order chi connectivity index (χ0) is 8.13. The van der Waals surface area contributed by atoms with Crippen LogP contribution < -0.4 is 0 Å². The van der Waals surface area contributed by atoms with Crippen molar-refractivity contribution in [3.8, 4) is 0 Å².